The molecule has 0 aliphatic rings. The van der Waals surface area contributed by atoms with Crippen LogP contribution in [0, 0.1) is 11.7 Å². The van der Waals surface area contributed by atoms with Crippen LogP contribution < -0.4 is 5.32 Å². The van der Waals surface area contributed by atoms with Crippen molar-refractivity contribution in [2.24, 2.45) is 5.92 Å². The number of anilines is 1. The van der Waals surface area contributed by atoms with Crippen LogP contribution >= 0.6 is 27.5 Å². The molecule has 1 rings (SSSR count). The maximum absolute atomic E-state index is 13.4. The molecule has 2 nitrogen and oxygen atoms in total. The van der Waals surface area contributed by atoms with Crippen LogP contribution in [0.4, 0.5) is 10.1 Å². The van der Waals surface area contributed by atoms with E-state index < -0.39 is 5.82 Å². The first-order valence-electron chi connectivity index (χ1n) is 4.82. The number of nitrogens with one attached hydrogen (secondary N) is 1. The SMILES string of the molecule is CC(C)C(Br)C(=O)Nc1ccc(Cl)cc1F. The molecule has 0 saturated carbocycles. The highest BCUT2D eigenvalue weighted by Gasteiger charge is 2.19. The van der Waals surface area contributed by atoms with Crippen molar-refractivity contribution in [3.63, 3.8) is 0 Å². The standard InChI is InChI=1S/C11H12BrClFNO/c1-6(2)10(12)11(16)15-9-4-3-7(13)5-8(9)14/h3-6,10H,1-2H3,(H,15,16). The summed E-state index contributed by atoms with van der Waals surface area (Å²) in [6, 6.07) is 4.13. The highest BCUT2D eigenvalue weighted by Crippen LogP contribution is 2.21. The van der Waals surface area contributed by atoms with E-state index in [1.165, 1.54) is 12.1 Å². The molecule has 1 unspecified atom stereocenters. The number of rotatable bonds is 3. The smallest absolute Gasteiger partial charge is 0.238 e. The van der Waals surface area contributed by atoms with Gasteiger partial charge in [-0.05, 0) is 24.1 Å². The van der Waals surface area contributed by atoms with Crippen molar-refractivity contribution < 1.29 is 9.18 Å². The summed E-state index contributed by atoms with van der Waals surface area (Å²) < 4.78 is 13.4. The van der Waals surface area contributed by atoms with Gasteiger partial charge in [-0.1, -0.05) is 41.4 Å². The molecule has 1 aromatic rings. The van der Waals surface area contributed by atoms with E-state index in [4.69, 9.17) is 11.6 Å². The van der Waals surface area contributed by atoms with E-state index in [0.717, 1.165) is 6.07 Å². The number of carbonyl (C=O) groups is 1. The molecule has 0 aliphatic heterocycles. The van der Waals surface area contributed by atoms with Gasteiger partial charge in [0.15, 0.2) is 0 Å². The summed E-state index contributed by atoms with van der Waals surface area (Å²) in [5.74, 6) is -0.670. The number of hydrogen-bond acceptors (Lipinski definition) is 1. The first kappa shape index (κ1) is 13.5. The Labute approximate surface area is 107 Å². The van der Waals surface area contributed by atoms with Gasteiger partial charge in [0.05, 0.1) is 10.5 Å². The minimum Gasteiger partial charge on any atom is -0.323 e. The zero-order valence-electron chi connectivity index (χ0n) is 8.93. The van der Waals surface area contributed by atoms with Crippen molar-refractivity contribution in [3.8, 4) is 0 Å². The Morgan fingerprint density at radius 3 is 2.62 bits per heavy atom. The monoisotopic (exact) mass is 307 g/mol. The summed E-state index contributed by atoms with van der Waals surface area (Å²) in [7, 11) is 0. The normalized spacial score (nSPS) is 12.6. The second kappa shape index (κ2) is 5.64. The number of benzene rings is 1. The van der Waals surface area contributed by atoms with Gasteiger partial charge in [-0.25, -0.2) is 4.39 Å². The molecule has 0 aliphatic carbocycles. The van der Waals surface area contributed by atoms with Crippen LogP contribution in [-0.2, 0) is 4.79 Å². The molecule has 88 valence electrons. The molecule has 1 N–H and O–H groups in total. The predicted octanol–water partition coefficient (Wildman–Crippen LogP) is 3.84. The summed E-state index contributed by atoms with van der Waals surface area (Å²) in [4.78, 5) is 11.3. The van der Waals surface area contributed by atoms with Crippen molar-refractivity contribution in [1.82, 2.24) is 0 Å². The molecule has 1 amide bonds. The summed E-state index contributed by atoms with van der Waals surface area (Å²) in [6.45, 7) is 3.80. The largest absolute Gasteiger partial charge is 0.323 e. The van der Waals surface area contributed by atoms with Crippen molar-refractivity contribution in [1.29, 1.82) is 0 Å². The minimum atomic E-state index is -0.538. The molecular weight excluding hydrogens is 296 g/mol. The van der Waals surface area contributed by atoms with E-state index in [1.54, 1.807) is 0 Å². The highest BCUT2D eigenvalue weighted by molar-refractivity contribution is 9.10. The van der Waals surface area contributed by atoms with E-state index in [-0.39, 0.29) is 22.3 Å². The number of amides is 1. The molecule has 0 heterocycles. The van der Waals surface area contributed by atoms with Crippen molar-refractivity contribution in [2.75, 3.05) is 5.32 Å². The topological polar surface area (TPSA) is 29.1 Å². The lowest BCUT2D eigenvalue weighted by atomic mass is 10.1. The van der Waals surface area contributed by atoms with E-state index in [9.17, 15) is 9.18 Å². The summed E-state index contributed by atoms with van der Waals surface area (Å²) >= 11 is 8.85. The fraction of sp³-hybridized carbons (Fsp3) is 0.364. The van der Waals surface area contributed by atoms with Crippen LogP contribution in [0.2, 0.25) is 5.02 Å². The fourth-order valence-corrected chi connectivity index (χ4v) is 1.37. The number of hydrogen-bond donors (Lipinski definition) is 1. The van der Waals surface area contributed by atoms with Gasteiger partial charge < -0.3 is 5.32 Å². The first-order valence-corrected chi connectivity index (χ1v) is 6.11. The molecule has 5 heteroatoms. The maximum Gasteiger partial charge on any atom is 0.238 e. The highest BCUT2D eigenvalue weighted by atomic mass is 79.9. The lowest BCUT2D eigenvalue weighted by molar-refractivity contribution is -0.116. The molecule has 1 atom stereocenters. The van der Waals surface area contributed by atoms with E-state index in [2.05, 4.69) is 21.2 Å². The van der Waals surface area contributed by atoms with E-state index >= 15 is 0 Å². The Bertz CT molecular complexity index is 398. The summed E-state index contributed by atoms with van der Waals surface area (Å²) in [5.41, 5.74) is 0.138. The Balaban J connectivity index is 2.77. The third-order valence-corrected chi connectivity index (χ3v) is 3.73. The quantitative estimate of drug-likeness (QED) is 0.845. The van der Waals surface area contributed by atoms with Crippen LogP contribution in [0.3, 0.4) is 0 Å². The van der Waals surface area contributed by atoms with Gasteiger partial charge in [0.25, 0.3) is 0 Å². The average Bonchev–Trinajstić information content (AvgIpc) is 2.20. The van der Waals surface area contributed by atoms with Crippen LogP contribution in [0.15, 0.2) is 18.2 Å². The Hall–Kier alpha value is -0.610. The fourth-order valence-electron chi connectivity index (χ4n) is 1.10. The first-order chi connectivity index (χ1) is 7.41. The summed E-state index contributed by atoms with van der Waals surface area (Å²) in [5, 5.41) is 2.80. The van der Waals surface area contributed by atoms with Gasteiger partial charge >= 0.3 is 0 Å². The van der Waals surface area contributed by atoms with E-state index in [1.807, 2.05) is 13.8 Å². The van der Waals surface area contributed by atoms with Crippen molar-refractivity contribution in [3.05, 3.63) is 29.0 Å². The summed E-state index contributed by atoms with van der Waals surface area (Å²) in [6.07, 6.45) is 0. The molecule has 0 spiro atoms. The molecule has 1 aromatic carbocycles. The average molecular weight is 309 g/mol. The van der Waals surface area contributed by atoms with Gasteiger partial charge in [0.2, 0.25) is 5.91 Å². The molecule has 0 bridgehead atoms. The molecule has 0 aromatic heterocycles. The number of carbonyl (C=O) groups excluding carboxylic acids is 1. The van der Waals surface area contributed by atoms with Gasteiger partial charge in [-0.3, -0.25) is 4.79 Å². The van der Waals surface area contributed by atoms with Crippen LogP contribution in [-0.4, -0.2) is 10.7 Å². The predicted molar refractivity (Wildman–Crippen MR) is 67.6 cm³/mol. The second-order valence-electron chi connectivity index (χ2n) is 3.76. The zero-order valence-corrected chi connectivity index (χ0v) is 11.3. The third-order valence-electron chi connectivity index (χ3n) is 2.02. The van der Waals surface area contributed by atoms with Gasteiger partial charge in [-0.15, -0.1) is 0 Å². The molecule has 0 fully saturated rings. The molecule has 0 saturated heterocycles. The van der Waals surface area contributed by atoms with Crippen LogP contribution in [0.25, 0.3) is 0 Å². The Kier molecular flexibility index (Phi) is 4.74. The maximum atomic E-state index is 13.4. The van der Waals surface area contributed by atoms with Crippen molar-refractivity contribution >= 4 is 39.1 Å². The van der Waals surface area contributed by atoms with E-state index in [0.29, 0.717) is 5.02 Å². The van der Waals surface area contributed by atoms with Gasteiger partial charge in [0.1, 0.15) is 5.82 Å². The van der Waals surface area contributed by atoms with Crippen LogP contribution in [0.5, 0.6) is 0 Å². The Morgan fingerprint density at radius 1 is 1.50 bits per heavy atom. The van der Waals surface area contributed by atoms with Crippen LogP contribution in [0.1, 0.15) is 13.8 Å². The lowest BCUT2D eigenvalue weighted by Crippen LogP contribution is -2.27. The molecule has 16 heavy (non-hydrogen) atoms. The number of halogens is 3. The lowest BCUT2D eigenvalue weighted by Gasteiger charge is -2.14. The molecule has 0 radical (unpaired) electrons. The number of alkyl halides is 1. The zero-order chi connectivity index (χ0) is 12.3. The van der Waals surface area contributed by atoms with Crippen molar-refractivity contribution in [2.45, 2.75) is 18.7 Å². The Morgan fingerprint density at radius 2 is 2.12 bits per heavy atom. The second-order valence-corrected chi connectivity index (χ2v) is 5.18. The molecular formula is C11H12BrClFNO. The van der Waals surface area contributed by atoms with Gasteiger partial charge in [0, 0.05) is 5.02 Å². The third kappa shape index (κ3) is 3.46. The minimum absolute atomic E-state index is 0.135. The van der Waals surface area contributed by atoms with Gasteiger partial charge in [-0.2, -0.15) is 0 Å².